The zero-order chi connectivity index (χ0) is 18.2. The summed E-state index contributed by atoms with van der Waals surface area (Å²) >= 11 is 0. The summed E-state index contributed by atoms with van der Waals surface area (Å²) in [5.41, 5.74) is 4.62. The van der Waals surface area contributed by atoms with E-state index in [0.717, 1.165) is 17.9 Å². The molecule has 0 aromatic heterocycles. The average molecular weight is 377 g/mol. The molecular formula is C12H19N5O7S. The van der Waals surface area contributed by atoms with Crippen molar-refractivity contribution in [3.63, 3.8) is 0 Å². The Balaban J connectivity index is 1.57. The van der Waals surface area contributed by atoms with Gasteiger partial charge in [-0.15, -0.1) is 4.28 Å². The van der Waals surface area contributed by atoms with Gasteiger partial charge in [-0.1, -0.05) is 0 Å². The Hall–Kier alpha value is -1.96. The molecule has 3 saturated heterocycles. The summed E-state index contributed by atoms with van der Waals surface area (Å²) in [5, 5.41) is 3.55. The SMILES string of the molecule is O=C(NNC(=O)[C@@H]1CC[C@@H]2CN1C(=O)N2OS(=O)(=O)O)C1CCCN1. The summed E-state index contributed by atoms with van der Waals surface area (Å²) < 4.78 is 34.7. The van der Waals surface area contributed by atoms with E-state index >= 15 is 0 Å². The third-order valence-corrected chi connectivity index (χ3v) is 4.83. The predicted molar refractivity (Wildman–Crippen MR) is 80.7 cm³/mol. The first-order chi connectivity index (χ1) is 11.8. The quantitative estimate of drug-likeness (QED) is 0.320. The van der Waals surface area contributed by atoms with Gasteiger partial charge < -0.3 is 10.2 Å². The highest BCUT2D eigenvalue weighted by atomic mass is 32.3. The molecule has 3 heterocycles. The molecule has 3 aliphatic heterocycles. The van der Waals surface area contributed by atoms with Gasteiger partial charge in [0.15, 0.2) is 0 Å². The number of nitrogens with one attached hydrogen (secondary N) is 3. The van der Waals surface area contributed by atoms with Crippen molar-refractivity contribution in [2.75, 3.05) is 13.1 Å². The minimum absolute atomic E-state index is 0.0879. The van der Waals surface area contributed by atoms with E-state index in [9.17, 15) is 22.8 Å². The minimum Gasteiger partial charge on any atom is -0.309 e. The number of hydroxylamine groups is 2. The lowest BCUT2D eigenvalue weighted by molar-refractivity contribution is -0.132. The number of piperidine rings is 1. The van der Waals surface area contributed by atoms with Crippen molar-refractivity contribution in [2.45, 2.75) is 43.8 Å². The van der Waals surface area contributed by atoms with E-state index in [2.05, 4.69) is 20.5 Å². The monoisotopic (exact) mass is 377 g/mol. The fraction of sp³-hybridized carbons (Fsp3) is 0.750. The van der Waals surface area contributed by atoms with Crippen molar-refractivity contribution in [3.05, 3.63) is 0 Å². The molecule has 0 aliphatic carbocycles. The second-order valence-electron chi connectivity index (χ2n) is 6.14. The molecule has 13 heteroatoms. The molecule has 3 rings (SSSR count). The molecule has 2 bridgehead atoms. The number of fused-ring (bicyclic) bond motifs is 2. The fourth-order valence-corrected chi connectivity index (χ4v) is 3.69. The Kier molecular flexibility index (Phi) is 4.81. The average Bonchev–Trinajstić information content (AvgIpc) is 3.16. The van der Waals surface area contributed by atoms with Crippen molar-refractivity contribution in [3.8, 4) is 0 Å². The smallest absolute Gasteiger partial charge is 0.309 e. The highest BCUT2D eigenvalue weighted by Gasteiger charge is 2.49. The van der Waals surface area contributed by atoms with Crippen LogP contribution in [0.25, 0.3) is 0 Å². The van der Waals surface area contributed by atoms with Crippen LogP contribution in [0.2, 0.25) is 0 Å². The van der Waals surface area contributed by atoms with E-state index < -0.39 is 34.4 Å². The van der Waals surface area contributed by atoms with E-state index in [0.29, 0.717) is 17.9 Å². The van der Waals surface area contributed by atoms with E-state index in [1.807, 2.05) is 0 Å². The van der Waals surface area contributed by atoms with Gasteiger partial charge in [0.25, 0.3) is 11.8 Å². The van der Waals surface area contributed by atoms with Crippen LogP contribution in [-0.4, -0.2) is 72.0 Å². The number of hydrazine groups is 1. The first-order valence-corrected chi connectivity index (χ1v) is 9.23. The van der Waals surface area contributed by atoms with Crippen LogP contribution >= 0.6 is 0 Å². The maximum absolute atomic E-state index is 12.3. The molecular weight excluding hydrogens is 358 g/mol. The number of nitrogens with zero attached hydrogens (tertiary/aromatic N) is 2. The van der Waals surface area contributed by atoms with Crippen LogP contribution in [0.5, 0.6) is 0 Å². The van der Waals surface area contributed by atoms with Crippen molar-refractivity contribution in [2.24, 2.45) is 0 Å². The van der Waals surface area contributed by atoms with Crippen molar-refractivity contribution < 1.29 is 31.6 Å². The molecule has 3 atom stereocenters. The van der Waals surface area contributed by atoms with Crippen LogP contribution in [0.3, 0.4) is 0 Å². The van der Waals surface area contributed by atoms with Gasteiger partial charge in [-0.3, -0.25) is 25.0 Å². The third kappa shape index (κ3) is 3.84. The number of rotatable bonds is 4. The molecule has 3 fully saturated rings. The fourth-order valence-electron chi connectivity index (χ4n) is 3.31. The first kappa shape index (κ1) is 17.8. The van der Waals surface area contributed by atoms with Gasteiger partial charge in [0.1, 0.15) is 6.04 Å². The minimum atomic E-state index is -4.83. The van der Waals surface area contributed by atoms with Crippen LogP contribution in [-0.2, 0) is 24.3 Å². The number of urea groups is 1. The van der Waals surface area contributed by atoms with Crippen LogP contribution in [0, 0.1) is 0 Å². The summed E-state index contributed by atoms with van der Waals surface area (Å²) in [6, 6.07) is -2.63. The Morgan fingerprint density at radius 2 is 1.92 bits per heavy atom. The second kappa shape index (κ2) is 6.74. The molecule has 140 valence electrons. The van der Waals surface area contributed by atoms with E-state index in [4.69, 9.17) is 4.55 Å². The lowest BCUT2D eigenvalue weighted by Gasteiger charge is -2.29. The zero-order valence-corrected chi connectivity index (χ0v) is 14.0. The summed E-state index contributed by atoms with van der Waals surface area (Å²) in [4.78, 5) is 37.5. The van der Waals surface area contributed by atoms with E-state index in [1.165, 1.54) is 0 Å². The van der Waals surface area contributed by atoms with E-state index in [-0.39, 0.29) is 24.9 Å². The first-order valence-electron chi connectivity index (χ1n) is 7.86. The summed E-state index contributed by atoms with van der Waals surface area (Å²) in [6.07, 6.45) is 2.14. The highest BCUT2D eigenvalue weighted by molar-refractivity contribution is 7.80. The lowest BCUT2D eigenvalue weighted by atomic mass is 10.0. The zero-order valence-electron chi connectivity index (χ0n) is 13.2. The van der Waals surface area contributed by atoms with E-state index in [1.54, 1.807) is 0 Å². The Morgan fingerprint density at radius 1 is 1.20 bits per heavy atom. The molecule has 25 heavy (non-hydrogen) atoms. The maximum atomic E-state index is 12.3. The number of amides is 4. The Bertz CT molecular complexity index is 677. The normalized spacial score (nSPS) is 29.0. The molecule has 12 nitrogen and oxygen atoms in total. The Morgan fingerprint density at radius 3 is 2.56 bits per heavy atom. The predicted octanol–water partition coefficient (Wildman–Crippen LogP) is -2.11. The maximum Gasteiger partial charge on any atom is 0.418 e. The second-order valence-corrected chi connectivity index (χ2v) is 7.14. The van der Waals surface area contributed by atoms with Gasteiger partial charge in [0.05, 0.1) is 12.1 Å². The number of hydrogen-bond donors (Lipinski definition) is 4. The molecule has 1 unspecified atom stereocenters. The van der Waals surface area contributed by atoms with Gasteiger partial charge in [-0.05, 0) is 32.2 Å². The largest absolute Gasteiger partial charge is 0.418 e. The van der Waals surface area contributed by atoms with Crippen molar-refractivity contribution in [1.29, 1.82) is 0 Å². The van der Waals surface area contributed by atoms with Gasteiger partial charge in [-0.25, -0.2) is 4.79 Å². The van der Waals surface area contributed by atoms with Crippen LogP contribution in [0.4, 0.5) is 4.79 Å². The molecule has 3 aliphatic rings. The standard InChI is InChI=1S/C12H19N5O7S/c18-10(8-2-1-5-13-8)14-15-11(19)9-4-3-7-6-16(9)12(20)17(7)24-25(21,22)23/h7-9,13H,1-6H2,(H,14,18)(H,15,19)(H,21,22,23)/t7-,8?,9+/m1/s1. The molecule has 0 spiro atoms. The topological polar surface area (TPSA) is 157 Å². The molecule has 0 radical (unpaired) electrons. The molecule has 0 saturated carbocycles. The Labute approximate surface area is 143 Å². The number of carbonyl (C=O) groups is 3. The molecule has 0 aromatic rings. The van der Waals surface area contributed by atoms with Gasteiger partial charge in [0, 0.05) is 6.54 Å². The van der Waals surface area contributed by atoms with Gasteiger partial charge >= 0.3 is 16.4 Å². The number of hydrogen-bond acceptors (Lipinski definition) is 7. The highest BCUT2D eigenvalue weighted by Crippen LogP contribution is 2.30. The molecule has 0 aromatic carbocycles. The van der Waals surface area contributed by atoms with Crippen molar-refractivity contribution in [1.82, 2.24) is 26.1 Å². The molecule has 4 N–H and O–H groups in total. The summed E-state index contributed by atoms with van der Waals surface area (Å²) in [5.74, 6) is -0.935. The van der Waals surface area contributed by atoms with Crippen LogP contribution < -0.4 is 16.2 Å². The van der Waals surface area contributed by atoms with Crippen LogP contribution in [0.15, 0.2) is 0 Å². The lowest BCUT2D eigenvalue weighted by Crippen LogP contribution is -2.56. The van der Waals surface area contributed by atoms with Gasteiger partial charge in [-0.2, -0.15) is 13.5 Å². The van der Waals surface area contributed by atoms with Gasteiger partial charge in [0.2, 0.25) is 0 Å². The van der Waals surface area contributed by atoms with Crippen LogP contribution in [0.1, 0.15) is 25.7 Å². The van der Waals surface area contributed by atoms with Crippen molar-refractivity contribution >= 4 is 28.2 Å². The molecule has 4 amide bonds. The third-order valence-electron chi connectivity index (χ3n) is 4.49. The summed E-state index contributed by atoms with van der Waals surface area (Å²) in [6.45, 7) is 0.826. The number of carbonyl (C=O) groups excluding carboxylic acids is 3. The summed E-state index contributed by atoms with van der Waals surface area (Å²) in [7, 11) is -4.83.